The number of rotatable bonds is 3. The molecular weight excluding hydrogens is 412 g/mol. The number of nitrogens with zero attached hydrogens (tertiary/aromatic N) is 4. The van der Waals surface area contributed by atoms with Gasteiger partial charge in [-0.3, -0.25) is 14.2 Å². The number of hydrogen-bond donors (Lipinski definition) is 0. The van der Waals surface area contributed by atoms with Gasteiger partial charge < -0.3 is 14.4 Å². The lowest BCUT2D eigenvalue weighted by Gasteiger charge is -2.26. The van der Waals surface area contributed by atoms with Crippen LogP contribution in [-0.4, -0.2) is 39.7 Å². The first-order valence-electron chi connectivity index (χ1n) is 11.0. The number of benzene rings is 1. The fourth-order valence-electron chi connectivity index (χ4n) is 4.91. The van der Waals surface area contributed by atoms with Gasteiger partial charge in [-0.2, -0.15) is 5.26 Å². The van der Waals surface area contributed by atoms with Crippen LogP contribution in [0, 0.1) is 11.3 Å². The van der Waals surface area contributed by atoms with E-state index in [9.17, 15) is 19.6 Å². The molecule has 4 heterocycles. The topological polar surface area (TPSA) is 107 Å². The zero-order chi connectivity index (χ0) is 22.2. The van der Waals surface area contributed by atoms with Crippen molar-refractivity contribution in [2.24, 2.45) is 0 Å². The third-order valence-corrected chi connectivity index (χ3v) is 6.47. The quantitative estimate of drug-likeness (QED) is 0.719. The molecule has 1 amide bonds. The largest absolute Gasteiger partial charge is 0.490 e. The molecule has 1 fully saturated rings. The molecular formula is C23H24N4O5. The molecule has 0 aliphatic carbocycles. The Morgan fingerprint density at radius 3 is 2.72 bits per heavy atom. The van der Waals surface area contributed by atoms with E-state index in [4.69, 9.17) is 9.47 Å². The van der Waals surface area contributed by atoms with Crippen molar-refractivity contribution in [1.82, 2.24) is 14.0 Å². The standard InChI is InChI=1S/C23H24N4O5/c24-13-16-18-5-2-9-26(18)23(30)27(22(16)29)14-21(28)25-8-1-4-17(25)15-6-7-19-20(12-15)32-11-3-10-31-19/h6-7,12,17H,1-5,8-11,14H2/t17-/m0/s1. The molecule has 0 N–H and O–H groups in total. The van der Waals surface area contributed by atoms with Gasteiger partial charge in [0, 0.05) is 25.2 Å². The number of nitriles is 1. The highest BCUT2D eigenvalue weighted by Crippen LogP contribution is 2.38. The minimum atomic E-state index is -0.676. The van der Waals surface area contributed by atoms with Gasteiger partial charge in [0.25, 0.3) is 5.56 Å². The molecule has 166 valence electrons. The predicted molar refractivity (Wildman–Crippen MR) is 114 cm³/mol. The van der Waals surface area contributed by atoms with Crippen molar-refractivity contribution < 1.29 is 14.3 Å². The number of hydrogen-bond acceptors (Lipinski definition) is 6. The van der Waals surface area contributed by atoms with Crippen molar-refractivity contribution in [3.63, 3.8) is 0 Å². The van der Waals surface area contributed by atoms with Crippen LogP contribution in [0.5, 0.6) is 11.5 Å². The predicted octanol–water partition coefficient (Wildman–Crippen LogP) is 1.35. The van der Waals surface area contributed by atoms with Crippen LogP contribution in [-0.2, 0) is 24.3 Å². The summed E-state index contributed by atoms with van der Waals surface area (Å²) in [6, 6.07) is 7.49. The maximum atomic E-state index is 13.2. The minimum Gasteiger partial charge on any atom is -0.490 e. The van der Waals surface area contributed by atoms with Gasteiger partial charge >= 0.3 is 5.69 Å². The molecule has 32 heavy (non-hydrogen) atoms. The van der Waals surface area contributed by atoms with Crippen LogP contribution in [0.4, 0.5) is 0 Å². The molecule has 9 heteroatoms. The number of amides is 1. The number of ether oxygens (including phenoxy) is 2. The molecule has 3 aliphatic heterocycles. The van der Waals surface area contributed by atoms with Crippen molar-refractivity contribution >= 4 is 5.91 Å². The molecule has 9 nitrogen and oxygen atoms in total. The van der Waals surface area contributed by atoms with Crippen molar-refractivity contribution in [2.45, 2.75) is 51.2 Å². The molecule has 0 bridgehead atoms. The van der Waals surface area contributed by atoms with E-state index in [-0.39, 0.29) is 24.1 Å². The molecule has 0 unspecified atom stereocenters. The summed E-state index contributed by atoms with van der Waals surface area (Å²) in [5.41, 5.74) is 0.204. The van der Waals surface area contributed by atoms with Gasteiger partial charge in [-0.15, -0.1) is 0 Å². The van der Waals surface area contributed by atoms with Crippen LogP contribution >= 0.6 is 0 Å². The van der Waals surface area contributed by atoms with Crippen LogP contribution < -0.4 is 20.7 Å². The Bertz CT molecular complexity index is 1240. The summed E-state index contributed by atoms with van der Waals surface area (Å²) >= 11 is 0. The summed E-state index contributed by atoms with van der Waals surface area (Å²) in [6.07, 6.45) is 3.66. The Morgan fingerprint density at radius 2 is 1.91 bits per heavy atom. The second-order valence-corrected chi connectivity index (χ2v) is 8.36. The summed E-state index contributed by atoms with van der Waals surface area (Å²) in [5.74, 6) is 1.07. The van der Waals surface area contributed by atoms with Crippen molar-refractivity contribution in [3.05, 3.63) is 55.9 Å². The average molecular weight is 436 g/mol. The highest BCUT2D eigenvalue weighted by Gasteiger charge is 2.32. The van der Waals surface area contributed by atoms with Crippen LogP contribution in [0.2, 0.25) is 0 Å². The molecule has 5 rings (SSSR count). The summed E-state index contributed by atoms with van der Waals surface area (Å²) in [6.45, 7) is 1.82. The van der Waals surface area contributed by atoms with Crippen LogP contribution in [0.1, 0.15) is 48.5 Å². The highest BCUT2D eigenvalue weighted by molar-refractivity contribution is 5.77. The molecule has 1 aromatic heterocycles. The molecule has 3 aliphatic rings. The van der Waals surface area contributed by atoms with Crippen molar-refractivity contribution in [1.29, 1.82) is 5.26 Å². The molecule has 2 aromatic rings. The van der Waals surface area contributed by atoms with Crippen molar-refractivity contribution in [2.75, 3.05) is 19.8 Å². The highest BCUT2D eigenvalue weighted by atomic mass is 16.5. The fraction of sp³-hybridized carbons (Fsp3) is 0.478. The van der Waals surface area contributed by atoms with E-state index < -0.39 is 11.2 Å². The summed E-state index contributed by atoms with van der Waals surface area (Å²) < 4.78 is 13.9. The number of likely N-dealkylation sites (tertiary alicyclic amines) is 1. The van der Waals surface area contributed by atoms with E-state index >= 15 is 0 Å². The monoisotopic (exact) mass is 436 g/mol. The first kappa shape index (κ1) is 20.4. The van der Waals surface area contributed by atoms with E-state index in [1.165, 1.54) is 4.57 Å². The Hall–Kier alpha value is -3.54. The lowest BCUT2D eigenvalue weighted by atomic mass is 10.0. The van der Waals surface area contributed by atoms with E-state index in [2.05, 4.69) is 0 Å². The van der Waals surface area contributed by atoms with Gasteiger partial charge in [0.2, 0.25) is 5.91 Å². The molecule has 1 saturated heterocycles. The number of carbonyl (C=O) groups is 1. The normalized spacial score (nSPS) is 19.3. The van der Waals surface area contributed by atoms with Gasteiger partial charge in [-0.25, -0.2) is 9.36 Å². The Balaban J connectivity index is 1.43. The van der Waals surface area contributed by atoms with Gasteiger partial charge in [0.05, 0.1) is 19.3 Å². The Labute approximate surface area is 184 Å². The van der Waals surface area contributed by atoms with Crippen LogP contribution in [0.15, 0.2) is 27.8 Å². The maximum absolute atomic E-state index is 13.2. The second-order valence-electron chi connectivity index (χ2n) is 8.36. The Morgan fingerprint density at radius 1 is 1.09 bits per heavy atom. The van der Waals surface area contributed by atoms with E-state index in [0.717, 1.165) is 29.4 Å². The molecule has 1 atom stereocenters. The fourth-order valence-corrected chi connectivity index (χ4v) is 4.91. The molecule has 0 spiro atoms. The van der Waals surface area contributed by atoms with E-state index in [1.54, 1.807) is 4.90 Å². The van der Waals surface area contributed by atoms with E-state index in [0.29, 0.717) is 56.3 Å². The first-order valence-corrected chi connectivity index (χ1v) is 11.0. The average Bonchev–Trinajstić information content (AvgIpc) is 3.42. The lowest BCUT2D eigenvalue weighted by molar-refractivity contribution is -0.132. The zero-order valence-electron chi connectivity index (χ0n) is 17.7. The number of fused-ring (bicyclic) bond motifs is 2. The Kier molecular flexibility index (Phi) is 5.21. The third-order valence-electron chi connectivity index (χ3n) is 6.47. The zero-order valence-corrected chi connectivity index (χ0v) is 17.7. The first-order chi connectivity index (χ1) is 15.6. The van der Waals surface area contributed by atoms with Gasteiger partial charge in [0.15, 0.2) is 11.5 Å². The summed E-state index contributed by atoms with van der Waals surface area (Å²) in [5, 5.41) is 9.46. The number of carbonyl (C=O) groups excluding carboxylic acids is 1. The molecule has 0 saturated carbocycles. The molecule has 1 aromatic carbocycles. The third kappa shape index (κ3) is 3.36. The summed E-state index contributed by atoms with van der Waals surface area (Å²) in [7, 11) is 0. The van der Waals surface area contributed by atoms with E-state index in [1.807, 2.05) is 24.3 Å². The van der Waals surface area contributed by atoms with Gasteiger partial charge in [0.1, 0.15) is 18.2 Å². The van der Waals surface area contributed by atoms with Gasteiger partial charge in [-0.05, 0) is 43.4 Å². The molecule has 0 radical (unpaired) electrons. The smallest absolute Gasteiger partial charge is 0.331 e. The SMILES string of the molecule is N#Cc1c2n(c(=O)n(CC(=O)N3CCC[C@H]3c3ccc4c(c3)OCCCO4)c1=O)CCC2. The van der Waals surface area contributed by atoms with Gasteiger partial charge in [-0.1, -0.05) is 6.07 Å². The summed E-state index contributed by atoms with van der Waals surface area (Å²) in [4.78, 5) is 40.6. The number of aromatic nitrogens is 2. The van der Waals surface area contributed by atoms with Crippen LogP contribution in [0.25, 0.3) is 0 Å². The van der Waals surface area contributed by atoms with Crippen molar-refractivity contribution in [3.8, 4) is 17.6 Å². The second kappa shape index (κ2) is 8.19. The maximum Gasteiger partial charge on any atom is 0.331 e. The minimum absolute atomic E-state index is 0.0317. The van der Waals surface area contributed by atoms with Crippen LogP contribution in [0.3, 0.4) is 0 Å². The lowest BCUT2D eigenvalue weighted by Crippen LogP contribution is -2.45.